The van der Waals surface area contributed by atoms with E-state index >= 15 is 0 Å². The van der Waals surface area contributed by atoms with Gasteiger partial charge in [0.25, 0.3) is 0 Å². The molecule has 3 N–H and O–H groups in total. The van der Waals surface area contributed by atoms with E-state index in [4.69, 9.17) is 5.73 Å². The first kappa shape index (κ1) is 9.66. The molecule has 1 aromatic carbocycles. The van der Waals surface area contributed by atoms with Crippen LogP contribution in [0.5, 0.6) is 0 Å². The van der Waals surface area contributed by atoms with E-state index in [9.17, 15) is 4.79 Å². The Bertz CT molecular complexity index is 443. The van der Waals surface area contributed by atoms with Gasteiger partial charge in [0, 0.05) is 12.6 Å². The van der Waals surface area contributed by atoms with Gasteiger partial charge in [-0.15, -0.1) is 0 Å². The maximum absolute atomic E-state index is 12.1. The first-order valence-electron chi connectivity index (χ1n) is 5.62. The predicted octanol–water partition coefficient (Wildman–Crippen LogP) is 0.717. The van der Waals surface area contributed by atoms with Crippen molar-refractivity contribution >= 4 is 17.3 Å². The zero-order chi connectivity index (χ0) is 11.3. The monoisotopic (exact) mass is 217 g/mol. The van der Waals surface area contributed by atoms with Gasteiger partial charge < -0.3 is 16.0 Å². The number of nitrogens with two attached hydrogens (primary N) is 1. The van der Waals surface area contributed by atoms with Crippen LogP contribution in [-0.4, -0.2) is 24.5 Å². The number of nitrogens with one attached hydrogen (secondary N) is 1. The minimum absolute atomic E-state index is 0.0528. The molecule has 2 aliphatic heterocycles. The van der Waals surface area contributed by atoms with Gasteiger partial charge in [0.15, 0.2) is 0 Å². The van der Waals surface area contributed by atoms with E-state index in [1.165, 1.54) is 5.56 Å². The smallest absolute Gasteiger partial charge is 0.249 e. The van der Waals surface area contributed by atoms with E-state index < -0.39 is 0 Å². The summed E-state index contributed by atoms with van der Waals surface area (Å²) in [5.41, 5.74) is 9.24. The molecule has 0 spiro atoms. The Morgan fingerprint density at radius 3 is 3.12 bits per heavy atom. The van der Waals surface area contributed by atoms with Crippen molar-refractivity contribution in [3.63, 3.8) is 0 Å². The Labute approximate surface area is 94.4 Å². The first-order valence-corrected chi connectivity index (χ1v) is 5.62. The highest BCUT2D eigenvalue weighted by Crippen LogP contribution is 2.37. The van der Waals surface area contributed by atoms with Gasteiger partial charge in [0.05, 0.1) is 11.4 Å². The van der Waals surface area contributed by atoms with E-state index in [1.54, 1.807) is 0 Å². The third-order valence-electron chi connectivity index (χ3n) is 3.30. The quantitative estimate of drug-likeness (QED) is 0.673. The number of rotatable bonds is 0. The molecule has 0 fully saturated rings. The highest BCUT2D eigenvalue weighted by Gasteiger charge is 2.35. The fourth-order valence-electron chi connectivity index (χ4n) is 2.59. The molecule has 4 heteroatoms. The molecule has 2 heterocycles. The Morgan fingerprint density at radius 1 is 1.50 bits per heavy atom. The summed E-state index contributed by atoms with van der Waals surface area (Å²) >= 11 is 0. The summed E-state index contributed by atoms with van der Waals surface area (Å²) in [6.07, 6.45) is 0.850. The van der Waals surface area contributed by atoms with Crippen LogP contribution >= 0.6 is 0 Å². The number of benzene rings is 1. The SMILES string of the molecule is CC1Nc2cccc3c2N(CC(N)C3)C1=O. The molecule has 3 rings (SSSR count). The average Bonchev–Trinajstić information content (AvgIpc) is 2.25. The Balaban J connectivity index is 2.18. The zero-order valence-electron chi connectivity index (χ0n) is 9.23. The lowest BCUT2D eigenvalue weighted by atomic mass is 9.94. The highest BCUT2D eigenvalue weighted by molar-refractivity contribution is 6.06. The number of carbonyl (C=O) groups excluding carboxylic acids is 1. The minimum Gasteiger partial charge on any atom is -0.372 e. The standard InChI is InChI=1S/C12H15N3O/c1-7-12(16)15-6-9(13)5-8-3-2-4-10(14-7)11(8)15/h2-4,7,9,14H,5-6,13H2,1H3. The minimum atomic E-state index is -0.159. The van der Waals surface area contributed by atoms with Gasteiger partial charge >= 0.3 is 0 Å². The van der Waals surface area contributed by atoms with Gasteiger partial charge in [-0.2, -0.15) is 0 Å². The topological polar surface area (TPSA) is 58.4 Å². The largest absolute Gasteiger partial charge is 0.372 e. The molecule has 84 valence electrons. The molecular formula is C12H15N3O. The lowest BCUT2D eigenvalue weighted by Crippen LogP contribution is -2.53. The van der Waals surface area contributed by atoms with E-state index in [2.05, 4.69) is 11.4 Å². The maximum Gasteiger partial charge on any atom is 0.249 e. The van der Waals surface area contributed by atoms with Crippen LogP contribution in [0.1, 0.15) is 12.5 Å². The summed E-state index contributed by atoms with van der Waals surface area (Å²) < 4.78 is 0. The van der Waals surface area contributed by atoms with Gasteiger partial charge in [-0.3, -0.25) is 4.79 Å². The molecule has 4 nitrogen and oxygen atoms in total. The molecule has 2 atom stereocenters. The third-order valence-corrected chi connectivity index (χ3v) is 3.30. The summed E-state index contributed by atoms with van der Waals surface area (Å²) in [7, 11) is 0. The third kappa shape index (κ3) is 1.23. The van der Waals surface area contributed by atoms with E-state index in [1.807, 2.05) is 24.0 Å². The highest BCUT2D eigenvalue weighted by atomic mass is 16.2. The summed E-state index contributed by atoms with van der Waals surface area (Å²) in [4.78, 5) is 13.9. The van der Waals surface area contributed by atoms with E-state index in [-0.39, 0.29) is 18.0 Å². The molecule has 0 radical (unpaired) electrons. The van der Waals surface area contributed by atoms with Crippen molar-refractivity contribution in [1.29, 1.82) is 0 Å². The number of amides is 1. The second-order valence-electron chi connectivity index (χ2n) is 4.59. The lowest BCUT2D eigenvalue weighted by molar-refractivity contribution is -0.119. The van der Waals surface area contributed by atoms with Crippen molar-refractivity contribution in [2.75, 3.05) is 16.8 Å². The van der Waals surface area contributed by atoms with Crippen molar-refractivity contribution in [1.82, 2.24) is 0 Å². The van der Waals surface area contributed by atoms with Crippen molar-refractivity contribution in [2.45, 2.75) is 25.4 Å². The number of para-hydroxylation sites is 1. The Morgan fingerprint density at radius 2 is 2.31 bits per heavy atom. The predicted molar refractivity (Wildman–Crippen MR) is 63.6 cm³/mol. The normalized spacial score (nSPS) is 27.4. The summed E-state index contributed by atoms with van der Waals surface area (Å²) in [5.74, 6) is 0.120. The first-order chi connectivity index (χ1) is 7.66. The van der Waals surface area contributed by atoms with Gasteiger partial charge in [-0.1, -0.05) is 12.1 Å². The molecule has 0 aromatic heterocycles. The second kappa shape index (κ2) is 3.22. The van der Waals surface area contributed by atoms with Crippen LogP contribution in [0.4, 0.5) is 11.4 Å². The molecule has 0 aliphatic carbocycles. The van der Waals surface area contributed by atoms with Gasteiger partial charge in [0.2, 0.25) is 5.91 Å². The molecule has 2 unspecified atom stereocenters. The number of hydrogen-bond acceptors (Lipinski definition) is 3. The molecule has 2 aliphatic rings. The Kier molecular flexibility index (Phi) is 1.94. The summed E-state index contributed by atoms with van der Waals surface area (Å²) in [5, 5.41) is 3.23. The average molecular weight is 217 g/mol. The lowest BCUT2D eigenvalue weighted by Gasteiger charge is -2.40. The number of nitrogens with zero attached hydrogens (tertiary/aromatic N) is 1. The number of carbonyl (C=O) groups is 1. The molecule has 1 aromatic rings. The van der Waals surface area contributed by atoms with Crippen LogP contribution in [-0.2, 0) is 11.2 Å². The number of anilines is 2. The molecule has 0 bridgehead atoms. The van der Waals surface area contributed by atoms with Crippen LogP contribution in [0.25, 0.3) is 0 Å². The van der Waals surface area contributed by atoms with Gasteiger partial charge in [0.1, 0.15) is 6.04 Å². The molecule has 16 heavy (non-hydrogen) atoms. The summed E-state index contributed by atoms with van der Waals surface area (Å²) in [6, 6.07) is 5.98. The molecular weight excluding hydrogens is 202 g/mol. The second-order valence-corrected chi connectivity index (χ2v) is 4.59. The summed E-state index contributed by atoms with van der Waals surface area (Å²) in [6.45, 7) is 2.52. The van der Waals surface area contributed by atoms with Crippen LogP contribution in [0, 0.1) is 0 Å². The fourth-order valence-corrected chi connectivity index (χ4v) is 2.59. The van der Waals surface area contributed by atoms with Gasteiger partial charge in [-0.05, 0) is 25.0 Å². The van der Waals surface area contributed by atoms with E-state index in [0.29, 0.717) is 6.54 Å². The number of hydrogen-bond donors (Lipinski definition) is 2. The maximum atomic E-state index is 12.1. The Hall–Kier alpha value is -1.55. The van der Waals surface area contributed by atoms with Crippen LogP contribution in [0.3, 0.4) is 0 Å². The zero-order valence-corrected chi connectivity index (χ0v) is 9.23. The molecule has 1 amide bonds. The van der Waals surface area contributed by atoms with E-state index in [0.717, 1.165) is 17.8 Å². The van der Waals surface area contributed by atoms with Crippen molar-refractivity contribution in [3.05, 3.63) is 23.8 Å². The molecule has 0 saturated heterocycles. The fraction of sp³-hybridized carbons (Fsp3) is 0.417. The molecule has 0 saturated carbocycles. The van der Waals surface area contributed by atoms with Crippen LogP contribution < -0.4 is 16.0 Å². The van der Waals surface area contributed by atoms with Crippen molar-refractivity contribution < 1.29 is 4.79 Å². The van der Waals surface area contributed by atoms with Crippen LogP contribution in [0.15, 0.2) is 18.2 Å². The van der Waals surface area contributed by atoms with Crippen molar-refractivity contribution in [2.24, 2.45) is 5.73 Å². The van der Waals surface area contributed by atoms with Gasteiger partial charge in [-0.25, -0.2) is 0 Å². The van der Waals surface area contributed by atoms with Crippen LogP contribution in [0.2, 0.25) is 0 Å². The van der Waals surface area contributed by atoms with Crippen molar-refractivity contribution in [3.8, 4) is 0 Å².